The summed E-state index contributed by atoms with van der Waals surface area (Å²) in [6, 6.07) is 16.3. The standard InChI is InChI=1S/C25H17Cl3FN3O2S/c1-14-2-6-17(7-3-14)32-24(34)22(11-15-4-8-18(26)19(27)10-15)31-25(32)35-13-23(33)30-16-5-9-21(29)20(28)12-16/h2-12H,13H2,1H3,(H,30,33)/b22-11-. The Hall–Kier alpha value is -2.84. The molecule has 3 aromatic rings. The van der Waals surface area contributed by atoms with E-state index in [0.29, 0.717) is 32.2 Å². The Morgan fingerprint density at radius 2 is 1.77 bits per heavy atom. The minimum absolute atomic E-state index is 0.0382. The van der Waals surface area contributed by atoms with Gasteiger partial charge in [0.05, 0.1) is 26.5 Å². The normalized spacial score (nSPS) is 14.4. The Bertz CT molecular complexity index is 1380. The number of amides is 2. The first-order chi connectivity index (χ1) is 16.7. The highest BCUT2D eigenvalue weighted by Crippen LogP contribution is 2.31. The molecule has 1 N–H and O–H groups in total. The molecule has 35 heavy (non-hydrogen) atoms. The van der Waals surface area contributed by atoms with Gasteiger partial charge in [0.25, 0.3) is 5.91 Å². The average molecular weight is 549 g/mol. The molecule has 5 nitrogen and oxygen atoms in total. The second-order valence-electron chi connectivity index (χ2n) is 7.54. The molecule has 0 unspecified atom stereocenters. The van der Waals surface area contributed by atoms with Crippen LogP contribution in [0.4, 0.5) is 15.8 Å². The van der Waals surface area contributed by atoms with Crippen LogP contribution in [0.2, 0.25) is 15.1 Å². The van der Waals surface area contributed by atoms with Gasteiger partial charge in [0, 0.05) is 5.69 Å². The molecule has 0 aliphatic carbocycles. The fraction of sp³-hybridized carbons (Fsp3) is 0.0800. The number of aliphatic imine (C=N–C) groups is 1. The van der Waals surface area contributed by atoms with E-state index < -0.39 is 5.82 Å². The van der Waals surface area contributed by atoms with Crippen LogP contribution < -0.4 is 10.2 Å². The topological polar surface area (TPSA) is 61.8 Å². The number of hydrogen-bond donors (Lipinski definition) is 1. The van der Waals surface area contributed by atoms with Crippen LogP contribution in [0.15, 0.2) is 71.4 Å². The van der Waals surface area contributed by atoms with Gasteiger partial charge in [-0.3, -0.25) is 14.5 Å². The van der Waals surface area contributed by atoms with Gasteiger partial charge in [-0.05, 0) is 61.0 Å². The monoisotopic (exact) mass is 547 g/mol. The van der Waals surface area contributed by atoms with E-state index >= 15 is 0 Å². The number of nitrogens with one attached hydrogen (secondary N) is 1. The zero-order valence-electron chi connectivity index (χ0n) is 18.2. The third-order valence-corrected chi connectivity index (χ3v) is 6.87. The van der Waals surface area contributed by atoms with Crippen LogP contribution in [0.1, 0.15) is 11.1 Å². The molecule has 178 valence electrons. The van der Waals surface area contributed by atoms with Gasteiger partial charge >= 0.3 is 0 Å². The molecule has 1 aliphatic heterocycles. The first-order valence-electron chi connectivity index (χ1n) is 10.3. The molecule has 3 aromatic carbocycles. The molecule has 2 amide bonds. The number of halogens is 4. The number of nitrogens with zero attached hydrogens (tertiary/aromatic N) is 2. The fourth-order valence-corrected chi connectivity index (χ4v) is 4.48. The van der Waals surface area contributed by atoms with Crippen LogP contribution in [-0.4, -0.2) is 22.7 Å². The Morgan fingerprint density at radius 3 is 2.46 bits per heavy atom. The Balaban J connectivity index is 1.57. The molecular formula is C25H17Cl3FN3O2S. The van der Waals surface area contributed by atoms with Crippen molar-refractivity contribution >= 4 is 81.0 Å². The summed E-state index contributed by atoms with van der Waals surface area (Å²) in [5.74, 6) is -1.32. The third kappa shape index (κ3) is 6.05. The van der Waals surface area contributed by atoms with E-state index in [9.17, 15) is 14.0 Å². The Morgan fingerprint density at radius 1 is 1.03 bits per heavy atom. The van der Waals surface area contributed by atoms with Crippen LogP contribution in [0, 0.1) is 12.7 Å². The van der Waals surface area contributed by atoms with Gasteiger partial charge < -0.3 is 5.32 Å². The number of amidine groups is 1. The second kappa shape index (κ2) is 10.8. The summed E-state index contributed by atoms with van der Waals surface area (Å²) in [5, 5.41) is 3.67. The molecule has 1 aliphatic rings. The minimum atomic E-state index is -0.576. The van der Waals surface area contributed by atoms with Crippen LogP contribution in [0.5, 0.6) is 0 Å². The maximum atomic E-state index is 13.4. The van der Waals surface area contributed by atoms with Crippen molar-refractivity contribution in [2.45, 2.75) is 6.92 Å². The van der Waals surface area contributed by atoms with E-state index in [1.54, 1.807) is 24.3 Å². The average Bonchev–Trinajstić information content (AvgIpc) is 3.13. The van der Waals surface area contributed by atoms with Gasteiger partial charge in [-0.2, -0.15) is 0 Å². The molecule has 0 saturated carbocycles. The number of rotatable bonds is 5. The quantitative estimate of drug-likeness (QED) is 0.343. The number of aryl methyl sites for hydroxylation is 1. The summed E-state index contributed by atoms with van der Waals surface area (Å²) < 4.78 is 13.4. The largest absolute Gasteiger partial charge is 0.325 e. The van der Waals surface area contributed by atoms with E-state index in [0.717, 1.165) is 17.3 Å². The number of carbonyl (C=O) groups is 2. The van der Waals surface area contributed by atoms with Crippen LogP contribution in [-0.2, 0) is 9.59 Å². The van der Waals surface area contributed by atoms with E-state index in [-0.39, 0.29) is 28.3 Å². The lowest BCUT2D eigenvalue weighted by Crippen LogP contribution is -2.31. The summed E-state index contributed by atoms with van der Waals surface area (Å²) in [6.07, 6.45) is 1.61. The summed E-state index contributed by atoms with van der Waals surface area (Å²) in [5.41, 5.74) is 2.87. The Kier molecular flexibility index (Phi) is 7.82. The van der Waals surface area contributed by atoms with Crippen molar-refractivity contribution in [2.24, 2.45) is 4.99 Å². The van der Waals surface area contributed by atoms with Crippen molar-refractivity contribution in [2.75, 3.05) is 16.0 Å². The highest BCUT2D eigenvalue weighted by molar-refractivity contribution is 8.14. The van der Waals surface area contributed by atoms with E-state index in [2.05, 4.69) is 10.3 Å². The fourth-order valence-electron chi connectivity index (χ4n) is 3.18. The summed E-state index contributed by atoms with van der Waals surface area (Å²) >= 11 is 19.0. The van der Waals surface area contributed by atoms with Gasteiger partial charge in [0.2, 0.25) is 5.91 Å². The number of thioether (sulfide) groups is 1. The third-order valence-electron chi connectivity index (χ3n) is 4.90. The van der Waals surface area contributed by atoms with Crippen LogP contribution in [0.3, 0.4) is 0 Å². The lowest BCUT2D eigenvalue weighted by Gasteiger charge is -2.18. The number of hydrogen-bond acceptors (Lipinski definition) is 4. The van der Waals surface area contributed by atoms with Crippen molar-refractivity contribution in [3.05, 3.63) is 98.4 Å². The molecule has 0 radical (unpaired) electrons. The summed E-state index contributed by atoms with van der Waals surface area (Å²) in [6.45, 7) is 1.95. The van der Waals surface area contributed by atoms with Crippen molar-refractivity contribution in [3.8, 4) is 0 Å². The predicted molar refractivity (Wildman–Crippen MR) is 143 cm³/mol. The zero-order valence-corrected chi connectivity index (χ0v) is 21.3. The molecule has 0 spiro atoms. The first-order valence-corrected chi connectivity index (χ1v) is 12.4. The molecule has 10 heteroatoms. The van der Waals surface area contributed by atoms with E-state index in [1.165, 1.54) is 23.1 Å². The highest BCUT2D eigenvalue weighted by Gasteiger charge is 2.32. The lowest BCUT2D eigenvalue weighted by atomic mass is 10.2. The van der Waals surface area contributed by atoms with Crippen molar-refractivity contribution in [1.29, 1.82) is 0 Å². The lowest BCUT2D eigenvalue weighted by molar-refractivity contribution is -0.114. The van der Waals surface area contributed by atoms with Gasteiger partial charge in [0.1, 0.15) is 11.5 Å². The molecule has 0 saturated heterocycles. The van der Waals surface area contributed by atoms with Gasteiger partial charge in [0.15, 0.2) is 5.17 Å². The van der Waals surface area contributed by atoms with Crippen molar-refractivity contribution < 1.29 is 14.0 Å². The molecule has 0 aromatic heterocycles. The van der Waals surface area contributed by atoms with Crippen LogP contribution in [0.25, 0.3) is 6.08 Å². The molecule has 0 bridgehead atoms. The van der Waals surface area contributed by atoms with Gasteiger partial charge in [-0.25, -0.2) is 9.38 Å². The van der Waals surface area contributed by atoms with Crippen LogP contribution >= 0.6 is 46.6 Å². The number of benzene rings is 3. The second-order valence-corrected chi connectivity index (χ2v) is 9.70. The smallest absolute Gasteiger partial charge is 0.283 e. The van der Waals surface area contributed by atoms with Gasteiger partial charge in [-0.15, -0.1) is 0 Å². The molecule has 1 heterocycles. The Labute approximate surface area is 220 Å². The molecule has 4 rings (SSSR count). The van der Waals surface area contributed by atoms with Crippen molar-refractivity contribution in [3.63, 3.8) is 0 Å². The van der Waals surface area contributed by atoms with Gasteiger partial charge in [-0.1, -0.05) is 70.3 Å². The minimum Gasteiger partial charge on any atom is -0.325 e. The van der Waals surface area contributed by atoms with E-state index in [1.807, 2.05) is 31.2 Å². The highest BCUT2D eigenvalue weighted by atomic mass is 35.5. The SMILES string of the molecule is Cc1ccc(N2C(=O)/C(=C/c3ccc(Cl)c(Cl)c3)N=C2SCC(=O)Nc2ccc(F)c(Cl)c2)cc1. The maximum Gasteiger partial charge on any atom is 0.283 e. The van der Waals surface area contributed by atoms with Crippen molar-refractivity contribution in [1.82, 2.24) is 0 Å². The molecule has 0 atom stereocenters. The summed E-state index contributed by atoms with van der Waals surface area (Å²) in [4.78, 5) is 31.7. The molecular weight excluding hydrogens is 532 g/mol. The number of carbonyl (C=O) groups excluding carboxylic acids is 2. The predicted octanol–water partition coefficient (Wildman–Crippen LogP) is 7.21. The summed E-state index contributed by atoms with van der Waals surface area (Å²) in [7, 11) is 0. The van der Waals surface area contributed by atoms with E-state index in [4.69, 9.17) is 34.8 Å². The maximum absolute atomic E-state index is 13.4. The number of anilines is 2. The first kappa shape index (κ1) is 25.3. The molecule has 0 fully saturated rings. The zero-order chi connectivity index (χ0) is 25.1.